The number of hydrogen-bond donors (Lipinski definition) is 0. The lowest BCUT2D eigenvalue weighted by atomic mass is 10.2. The molecule has 24 heavy (non-hydrogen) atoms. The fraction of sp³-hybridized carbons (Fsp3) is 0.478. The Kier molecular flexibility index (Phi) is 52.7. The maximum Gasteiger partial charge on any atom is 0.118 e. The van der Waals surface area contributed by atoms with Crippen molar-refractivity contribution in [1.29, 1.82) is 0 Å². The predicted molar refractivity (Wildman–Crippen MR) is 116 cm³/mol. The number of para-hydroxylation sites is 1. The average Bonchev–Trinajstić information content (AvgIpc) is 2.70. The second kappa shape index (κ2) is 37.5. The van der Waals surface area contributed by atoms with Gasteiger partial charge in [-0.3, -0.25) is 0 Å². The van der Waals surface area contributed by atoms with Crippen molar-refractivity contribution in [3.63, 3.8) is 0 Å². The minimum absolute atomic E-state index is 0. The van der Waals surface area contributed by atoms with Crippen LogP contribution in [0.4, 0.5) is 0 Å². The Hall–Kier alpha value is -1.76. The van der Waals surface area contributed by atoms with Gasteiger partial charge in [0.05, 0.1) is 7.11 Å². The second-order valence-electron chi connectivity index (χ2n) is 3.17. The first-order valence-electron chi connectivity index (χ1n) is 8.93. The third-order valence-electron chi connectivity index (χ3n) is 1.92. The smallest absolute Gasteiger partial charge is 0.118 e. The molecule has 0 N–H and O–H groups in total. The van der Waals surface area contributed by atoms with Crippen LogP contribution < -0.4 is 4.74 Å². The maximum atomic E-state index is 4.91. The summed E-state index contributed by atoms with van der Waals surface area (Å²) in [5.74, 6) is 0.910. The number of aryl methyl sites for hydroxylation is 1. The van der Waals surface area contributed by atoms with E-state index in [2.05, 4.69) is 19.1 Å². The Bertz CT molecular complexity index is 354. The quantitative estimate of drug-likeness (QED) is 0.507. The molecular weight excluding hydrogens is 292 g/mol. The molecule has 0 unspecified atom stereocenters. The van der Waals surface area contributed by atoms with E-state index in [1.807, 2.05) is 104 Å². The second-order valence-corrected chi connectivity index (χ2v) is 3.17. The first kappa shape index (κ1) is 33.8. The molecule has 142 valence electrons. The zero-order valence-electron chi connectivity index (χ0n) is 17.2. The van der Waals surface area contributed by atoms with Gasteiger partial charge in [-0.15, -0.1) is 0 Å². The molecule has 0 saturated carbocycles. The van der Waals surface area contributed by atoms with E-state index in [1.165, 1.54) is 5.56 Å². The number of ether oxygens (including phenoxy) is 1. The lowest BCUT2D eigenvalue weighted by Crippen LogP contribution is -1.78. The summed E-state index contributed by atoms with van der Waals surface area (Å²) in [5.41, 5.74) is 1.32. The Morgan fingerprint density at radius 1 is 0.542 bits per heavy atom. The highest BCUT2D eigenvalue weighted by atomic mass is 16.5. The molecule has 2 aromatic carbocycles. The van der Waals surface area contributed by atoms with E-state index in [9.17, 15) is 0 Å². The van der Waals surface area contributed by atoms with Crippen molar-refractivity contribution in [3.8, 4) is 5.75 Å². The van der Waals surface area contributed by atoms with Crippen LogP contribution in [-0.4, -0.2) is 7.11 Å². The Labute approximate surface area is 154 Å². The van der Waals surface area contributed by atoms with Crippen LogP contribution >= 0.6 is 0 Å². The molecule has 2 rings (SSSR count). The van der Waals surface area contributed by atoms with E-state index in [0.717, 1.165) is 5.75 Å². The van der Waals surface area contributed by atoms with E-state index in [1.54, 1.807) is 7.11 Å². The zero-order valence-corrected chi connectivity index (χ0v) is 17.2. The number of methoxy groups -OCH3 is 1. The summed E-state index contributed by atoms with van der Waals surface area (Å²) in [6, 6.07) is 19.9. The molecule has 0 radical (unpaired) electrons. The number of hydrogen-bond acceptors (Lipinski definition) is 1. The normalized spacial score (nSPS) is 6.42. The molecular formula is C23H44O. The van der Waals surface area contributed by atoms with Gasteiger partial charge in [0.15, 0.2) is 0 Å². The van der Waals surface area contributed by atoms with Crippen LogP contribution in [0.5, 0.6) is 5.75 Å². The largest absolute Gasteiger partial charge is 0.497 e. The highest BCUT2D eigenvalue weighted by molar-refractivity contribution is 5.20. The third kappa shape index (κ3) is 28.4. The Balaban J connectivity index is -0.0000000693. The van der Waals surface area contributed by atoms with Crippen LogP contribution in [0.15, 0.2) is 60.7 Å². The van der Waals surface area contributed by atoms with Gasteiger partial charge in [0.25, 0.3) is 0 Å². The van der Waals surface area contributed by atoms with Crippen LogP contribution in [0.1, 0.15) is 68.4 Å². The van der Waals surface area contributed by atoms with Crippen LogP contribution in [0, 0.1) is 6.92 Å². The van der Waals surface area contributed by atoms with Gasteiger partial charge >= 0.3 is 0 Å². The summed E-state index contributed by atoms with van der Waals surface area (Å²) in [6.45, 7) is 18.1. The van der Waals surface area contributed by atoms with Gasteiger partial charge in [0.2, 0.25) is 0 Å². The predicted octanol–water partition coefficient (Wildman–Crippen LogP) is 8.43. The van der Waals surface area contributed by atoms with Crippen molar-refractivity contribution in [1.82, 2.24) is 0 Å². The molecule has 0 heterocycles. The summed E-state index contributed by atoms with van der Waals surface area (Å²) in [6.07, 6.45) is 0. The summed E-state index contributed by atoms with van der Waals surface area (Å²) in [7, 11) is 1.66. The summed E-state index contributed by atoms with van der Waals surface area (Å²) in [4.78, 5) is 0. The molecule has 1 nitrogen and oxygen atoms in total. The van der Waals surface area contributed by atoms with Gasteiger partial charge in [-0.2, -0.15) is 0 Å². The lowest BCUT2D eigenvalue weighted by molar-refractivity contribution is 0.415. The van der Waals surface area contributed by atoms with Gasteiger partial charge in [-0.1, -0.05) is 117 Å². The molecule has 0 saturated heterocycles. The third-order valence-corrected chi connectivity index (χ3v) is 1.92. The van der Waals surface area contributed by atoms with Crippen molar-refractivity contribution in [3.05, 3.63) is 66.2 Å². The molecule has 0 aliphatic carbocycles. The standard InChI is InChI=1S/C7H8O.C7H8.4C2H6.CH4/c1-8-7-5-3-2-4-6-7;1-7-5-3-2-4-6-7;4*1-2;/h2-6H,1H3;2-6H,1H3;4*1-2H3;1H4. The van der Waals surface area contributed by atoms with Gasteiger partial charge in [-0.05, 0) is 19.1 Å². The van der Waals surface area contributed by atoms with Crippen molar-refractivity contribution in [2.24, 2.45) is 0 Å². The molecule has 0 aromatic heterocycles. The SMILES string of the molecule is C.CC.CC.CC.CC.COc1ccccc1.Cc1ccccc1. The highest BCUT2D eigenvalue weighted by Gasteiger charge is 1.80. The van der Waals surface area contributed by atoms with Crippen molar-refractivity contribution >= 4 is 0 Å². The minimum atomic E-state index is 0. The molecule has 0 aliphatic heterocycles. The van der Waals surface area contributed by atoms with E-state index in [4.69, 9.17) is 4.74 Å². The molecule has 1 heteroatoms. The summed E-state index contributed by atoms with van der Waals surface area (Å²) in [5, 5.41) is 0. The minimum Gasteiger partial charge on any atom is -0.497 e. The highest BCUT2D eigenvalue weighted by Crippen LogP contribution is 2.05. The van der Waals surface area contributed by atoms with E-state index in [0.29, 0.717) is 0 Å². The van der Waals surface area contributed by atoms with Crippen LogP contribution in [0.2, 0.25) is 0 Å². The van der Waals surface area contributed by atoms with Crippen molar-refractivity contribution < 1.29 is 4.74 Å². The summed E-state index contributed by atoms with van der Waals surface area (Å²) < 4.78 is 4.91. The molecule has 0 atom stereocenters. The monoisotopic (exact) mass is 336 g/mol. The Morgan fingerprint density at radius 3 is 1.00 bits per heavy atom. The molecule has 0 bridgehead atoms. The van der Waals surface area contributed by atoms with Crippen molar-refractivity contribution in [2.75, 3.05) is 7.11 Å². The average molecular weight is 337 g/mol. The zero-order chi connectivity index (χ0) is 18.9. The molecule has 0 aliphatic rings. The molecule has 0 amide bonds. The first-order valence-corrected chi connectivity index (χ1v) is 8.93. The Morgan fingerprint density at radius 2 is 0.833 bits per heavy atom. The molecule has 0 spiro atoms. The van der Waals surface area contributed by atoms with Crippen LogP contribution in [0.25, 0.3) is 0 Å². The van der Waals surface area contributed by atoms with Crippen LogP contribution in [0.3, 0.4) is 0 Å². The molecule has 2 aromatic rings. The van der Waals surface area contributed by atoms with Crippen molar-refractivity contribution in [2.45, 2.75) is 69.7 Å². The van der Waals surface area contributed by atoms with Crippen LogP contribution in [-0.2, 0) is 0 Å². The number of rotatable bonds is 1. The summed E-state index contributed by atoms with van der Waals surface area (Å²) >= 11 is 0. The fourth-order valence-electron chi connectivity index (χ4n) is 1.09. The number of benzene rings is 2. The fourth-order valence-corrected chi connectivity index (χ4v) is 1.09. The molecule has 0 fully saturated rings. The van der Waals surface area contributed by atoms with E-state index >= 15 is 0 Å². The lowest BCUT2D eigenvalue weighted by Gasteiger charge is -1.93. The van der Waals surface area contributed by atoms with Gasteiger partial charge < -0.3 is 4.74 Å². The van der Waals surface area contributed by atoms with Gasteiger partial charge in [-0.25, -0.2) is 0 Å². The first-order chi connectivity index (χ1) is 11.3. The topological polar surface area (TPSA) is 9.23 Å². The van der Waals surface area contributed by atoms with E-state index < -0.39 is 0 Å². The van der Waals surface area contributed by atoms with Gasteiger partial charge in [0.1, 0.15) is 5.75 Å². The maximum absolute atomic E-state index is 4.91. The van der Waals surface area contributed by atoms with Gasteiger partial charge in [0, 0.05) is 0 Å². The van der Waals surface area contributed by atoms with E-state index in [-0.39, 0.29) is 7.43 Å².